The molecule has 0 aliphatic carbocycles. The van der Waals surface area contributed by atoms with Crippen LogP contribution in [0.3, 0.4) is 0 Å². The van der Waals surface area contributed by atoms with E-state index < -0.39 is 0 Å². The van der Waals surface area contributed by atoms with Crippen LogP contribution >= 0.6 is 0 Å². The van der Waals surface area contributed by atoms with Gasteiger partial charge in [0.1, 0.15) is 0 Å². The number of benzene rings is 8. The maximum Gasteiger partial charge on any atom is 0.0542 e. The fourth-order valence-corrected chi connectivity index (χ4v) is 8.06. The first kappa shape index (κ1) is 33.8. The fraction of sp³-hybridized carbons (Fsp3) is 0. The summed E-state index contributed by atoms with van der Waals surface area (Å²) in [5.74, 6) is 0. The quantitative estimate of drug-likeness (QED) is 0.148. The van der Waals surface area contributed by atoms with E-state index in [2.05, 4.69) is 232 Å². The van der Waals surface area contributed by atoms with Gasteiger partial charge in [-0.05, 0) is 120 Å². The minimum absolute atomic E-state index is 1.09. The molecule has 4 heteroatoms. The Morgan fingerprint density at radius 1 is 0.333 bits per heavy atom. The highest BCUT2D eigenvalue weighted by molar-refractivity contribution is 6.12. The monoisotopic (exact) mass is 730 g/mol. The molecule has 4 nitrogen and oxygen atoms in total. The average Bonchev–Trinajstić information content (AvgIpc) is 3.61. The molecule has 2 heterocycles. The smallest absolute Gasteiger partial charge is 0.0542 e. The second-order valence-corrected chi connectivity index (χ2v) is 14.1. The predicted octanol–water partition coefficient (Wildman–Crippen LogP) is 14.5. The first-order valence-electron chi connectivity index (χ1n) is 19.3. The largest absolute Gasteiger partial charge is 0.310 e. The lowest BCUT2D eigenvalue weighted by molar-refractivity contribution is 1.18. The third kappa shape index (κ3) is 6.39. The van der Waals surface area contributed by atoms with Crippen LogP contribution in [0.2, 0.25) is 0 Å². The lowest BCUT2D eigenvalue weighted by atomic mass is 9.95. The third-order valence-electron chi connectivity index (χ3n) is 10.6. The highest BCUT2D eigenvalue weighted by Crippen LogP contribution is 2.43. The van der Waals surface area contributed by atoms with Crippen LogP contribution in [0, 0.1) is 0 Å². The number of fused-ring (bicyclic) bond motifs is 3. The molecule has 0 amide bonds. The van der Waals surface area contributed by atoms with Crippen LogP contribution in [0.25, 0.3) is 49.7 Å². The molecular formula is C53H38N4. The molecule has 0 aliphatic heterocycles. The van der Waals surface area contributed by atoms with Crippen molar-refractivity contribution in [1.29, 1.82) is 0 Å². The molecule has 0 fully saturated rings. The fourth-order valence-electron chi connectivity index (χ4n) is 8.06. The molecule has 0 spiro atoms. The van der Waals surface area contributed by atoms with E-state index in [0.29, 0.717) is 0 Å². The van der Waals surface area contributed by atoms with E-state index in [9.17, 15) is 0 Å². The van der Waals surface area contributed by atoms with Crippen LogP contribution in [-0.2, 0) is 0 Å². The maximum atomic E-state index is 4.39. The van der Waals surface area contributed by atoms with Gasteiger partial charge in [-0.2, -0.15) is 0 Å². The molecule has 8 aromatic carbocycles. The van der Waals surface area contributed by atoms with E-state index in [-0.39, 0.29) is 0 Å². The topological polar surface area (TPSA) is 24.3 Å². The van der Waals surface area contributed by atoms with E-state index in [1.807, 2.05) is 18.5 Å². The molecular weight excluding hydrogens is 693 g/mol. The van der Waals surface area contributed by atoms with Gasteiger partial charge in [0.25, 0.3) is 0 Å². The molecule has 0 unspecified atom stereocenters. The van der Waals surface area contributed by atoms with Gasteiger partial charge < -0.3 is 14.4 Å². The zero-order valence-corrected chi connectivity index (χ0v) is 31.2. The molecule has 10 rings (SSSR count). The van der Waals surface area contributed by atoms with Crippen molar-refractivity contribution in [2.45, 2.75) is 0 Å². The van der Waals surface area contributed by atoms with Crippen molar-refractivity contribution in [1.82, 2.24) is 9.55 Å². The Morgan fingerprint density at radius 2 is 0.754 bits per heavy atom. The van der Waals surface area contributed by atoms with Crippen molar-refractivity contribution in [3.05, 3.63) is 231 Å². The Morgan fingerprint density at radius 3 is 1.18 bits per heavy atom. The van der Waals surface area contributed by atoms with Crippen molar-refractivity contribution in [3.8, 4) is 27.9 Å². The Kier molecular flexibility index (Phi) is 8.82. The molecule has 0 atom stereocenters. The minimum Gasteiger partial charge on any atom is -0.310 e. The Labute approximate surface area is 332 Å². The Balaban J connectivity index is 1.17. The van der Waals surface area contributed by atoms with Crippen molar-refractivity contribution >= 4 is 55.9 Å². The SMILES string of the molecule is c1ccc(N(c2ccccc2)c2ccc3c(c2)c2cc(N(c4ccccc4)c4ccccc4)ccc2n3-c2ccc(-c3ccccc3-c3cccnc3)cc2)cc1. The molecule has 0 aliphatic rings. The molecule has 57 heavy (non-hydrogen) atoms. The van der Waals surface area contributed by atoms with Crippen LogP contribution in [-0.4, -0.2) is 9.55 Å². The summed E-state index contributed by atoms with van der Waals surface area (Å²) in [6.07, 6.45) is 3.75. The summed E-state index contributed by atoms with van der Waals surface area (Å²) in [5.41, 5.74) is 14.6. The van der Waals surface area contributed by atoms with Gasteiger partial charge >= 0.3 is 0 Å². The van der Waals surface area contributed by atoms with Crippen molar-refractivity contribution < 1.29 is 0 Å². The molecule has 0 bridgehead atoms. The Hall–Kier alpha value is -7.69. The van der Waals surface area contributed by atoms with Crippen molar-refractivity contribution in [2.24, 2.45) is 0 Å². The van der Waals surface area contributed by atoms with E-state index in [4.69, 9.17) is 0 Å². The van der Waals surface area contributed by atoms with E-state index in [1.54, 1.807) is 0 Å². The number of rotatable bonds is 9. The van der Waals surface area contributed by atoms with Gasteiger partial charge in [-0.3, -0.25) is 4.98 Å². The average molecular weight is 731 g/mol. The number of anilines is 6. The lowest BCUT2D eigenvalue weighted by Crippen LogP contribution is -2.09. The van der Waals surface area contributed by atoms with Gasteiger partial charge in [-0.15, -0.1) is 0 Å². The van der Waals surface area contributed by atoms with Crippen LogP contribution in [0.1, 0.15) is 0 Å². The lowest BCUT2D eigenvalue weighted by Gasteiger charge is -2.26. The normalized spacial score (nSPS) is 11.2. The zero-order valence-electron chi connectivity index (χ0n) is 31.2. The van der Waals surface area contributed by atoms with Crippen molar-refractivity contribution in [2.75, 3.05) is 9.80 Å². The summed E-state index contributed by atoms with van der Waals surface area (Å²) in [4.78, 5) is 9.06. The number of aromatic nitrogens is 2. The second kappa shape index (κ2) is 14.9. The van der Waals surface area contributed by atoms with Crippen LogP contribution in [0.4, 0.5) is 34.1 Å². The van der Waals surface area contributed by atoms with Crippen LogP contribution in [0.5, 0.6) is 0 Å². The molecule has 0 N–H and O–H groups in total. The molecule has 2 aromatic heterocycles. The van der Waals surface area contributed by atoms with Gasteiger partial charge in [0, 0.05) is 68.5 Å². The first-order valence-corrected chi connectivity index (χ1v) is 19.3. The third-order valence-corrected chi connectivity index (χ3v) is 10.6. The zero-order chi connectivity index (χ0) is 38.0. The molecule has 270 valence electrons. The summed E-state index contributed by atoms with van der Waals surface area (Å²) in [7, 11) is 0. The van der Waals surface area contributed by atoms with Gasteiger partial charge in [-0.1, -0.05) is 115 Å². The number of pyridine rings is 1. The van der Waals surface area contributed by atoms with Crippen LogP contribution < -0.4 is 9.80 Å². The number of nitrogens with zero attached hydrogens (tertiary/aromatic N) is 4. The Bertz CT molecular complexity index is 2710. The first-order chi connectivity index (χ1) is 28.3. The molecule has 0 saturated heterocycles. The summed E-state index contributed by atoms with van der Waals surface area (Å²) in [6.45, 7) is 0. The summed E-state index contributed by atoms with van der Waals surface area (Å²) < 4.78 is 2.40. The number of para-hydroxylation sites is 4. The standard InChI is InChI=1S/C53H38N4/c1-5-17-41(18-6-1)55(42-19-7-2-8-20-42)46-31-33-52-50(36-46)51-37-47(56(43-21-9-3-10-22-43)44-23-11-4-12-24-44)32-34-53(51)57(52)45-29-27-39(28-30-45)48-25-13-14-26-49(48)40-16-15-35-54-38-40/h1-38H. The summed E-state index contributed by atoms with van der Waals surface area (Å²) >= 11 is 0. The predicted molar refractivity (Wildman–Crippen MR) is 239 cm³/mol. The highest BCUT2D eigenvalue weighted by atomic mass is 15.1. The summed E-state index contributed by atoms with van der Waals surface area (Å²) in [6, 6.07) is 77.8. The van der Waals surface area contributed by atoms with Gasteiger partial charge in [0.05, 0.1) is 11.0 Å². The second-order valence-electron chi connectivity index (χ2n) is 14.1. The van der Waals surface area contributed by atoms with Gasteiger partial charge in [-0.25, -0.2) is 0 Å². The minimum atomic E-state index is 1.09. The van der Waals surface area contributed by atoms with E-state index >= 15 is 0 Å². The maximum absolute atomic E-state index is 4.39. The molecule has 0 radical (unpaired) electrons. The van der Waals surface area contributed by atoms with Gasteiger partial charge in [0.2, 0.25) is 0 Å². The highest BCUT2D eigenvalue weighted by Gasteiger charge is 2.20. The van der Waals surface area contributed by atoms with Crippen molar-refractivity contribution in [3.63, 3.8) is 0 Å². The summed E-state index contributed by atoms with van der Waals surface area (Å²) in [5, 5.41) is 2.35. The molecule has 10 aromatic rings. The van der Waals surface area contributed by atoms with Gasteiger partial charge in [0.15, 0.2) is 0 Å². The number of hydrogen-bond donors (Lipinski definition) is 0. The van der Waals surface area contributed by atoms with E-state index in [1.165, 1.54) is 16.3 Å². The van der Waals surface area contributed by atoms with Crippen LogP contribution in [0.15, 0.2) is 231 Å². The molecule has 0 saturated carbocycles. The number of hydrogen-bond acceptors (Lipinski definition) is 3. The van der Waals surface area contributed by atoms with E-state index in [0.717, 1.165) is 67.5 Å².